The molecule has 1 atom stereocenters. The third kappa shape index (κ3) is 3.85. The van der Waals surface area contributed by atoms with Crippen LogP contribution >= 0.6 is 11.6 Å². The standard InChI is InChI=1S/C19H20ClNO2/c20-19-9-2-1-5-15(19)14-23-18-8-3-6-17(13-18)21-11-4-7-16(21)10-12-22/h1-3,5-6,8-9,12-13,16H,4,7,10-11,14H2/t16-/m0/s1. The summed E-state index contributed by atoms with van der Waals surface area (Å²) < 4.78 is 5.89. The minimum atomic E-state index is 0.311. The first-order valence-electron chi connectivity index (χ1n) is 7.94. The third-order valence-corrected chi connectivity index (χ3v) is 4.62. The molecule has 0 aromatic heterocycles. The van der Waals surface area contributed by atoms with Crippen molar-refractivity contribution in [3.05, 3.63) is 59.1 Å². The number of carbonyl (C=O) groups excluding carboxylic acids is 1. The van der Waals surface area contributed by atoms with Gasteiger partial charge in [0.1, 0.15) is 18.6 Å². The molecule has 1 aliphatic rings. The number of halogens is 1. The molecule has 1 fully saturated rings. The summed E-state index contributed by atoms with van der Waals surface area (Å²) in [4.78, 5) is 13.1. The van der Waals surface area contributed by atoms with Gasteiger partial charge in [0, 0.05) is 41.3 Å². The predicted molar refractivity (Wildman–Crippen MR) is 93.3 cm³/mol. The number of hydrogen-bond acceptors (Lipinski definition) is 3. The van der Waals surface area contributed by atoms with E-state index in [1.807, 2.05) is 42.5 Å². The zero-order valence-corrected chi connectivity index (χ0v) is 13.7. The van der Waals surface area contributed by atoms with Crippen LogP contribution in [0.1, 0.15) is 24.8 Å². The van der Waals surface area contributed by atoms with Crippen LogP contribution in [0.2, 0.25) is 5.02 Å². The maximum atomic E-state index is 10.8. The van der Waals surface area contributed by atoms with Crippen LogP contribution in [0, 0.1) is 0 Å². The Morgan fingerprint density at radius 3 is 2.91 bits per heavy atom. The van der Waals surface area contributed by atoms with Gasteiger partial charge in [-0.1, -0.05) is 35.9 Å². The number of carbonyl (C=O) groups is 1. The van der Waals surface area contributed by atoms with Crippen LogP contribution in [0.4, 0.5) is 5.69 Å². The quantitative estimate of drug-likeness (QED) is 0.732. The minimum absolute atomic E-state index is 0.311. The molecule has 1 heterocycles. The van der Waals surface area contributed by atoms with Crippen molar-refractivity contribution in [1.82, 2.24) is 0 Å². The smallest absolute Gasteiger partial charge is 0.122 e. The first-order valence-corrected chi connectivity index (χ1v) is 8.32. The first-order chi connectivity index (χ1) is 11.3. The molecule has 0 spiro atoms. The van der Waals surface area contributed by atoms with E-state index < -0.39 is 0 Å². The van der Waals surface area contributed by atoms with Crippen molar-refractivity contribution in [1.29, 1.82) is 0 Å². The number of rotatable bonds is 6. The third-order valence-electron chi connectivity index (χ3n) is 4.25. The molecule has 0 saturated carbocycles. The average Bonchev–Trinajstić information content (AvgIpc) is 3.03. The SMILES string of the molecule is O=CC[C@@H]1CCCN1c1cccc(OCc2ccccc2Cl)c1. The van der Waals surface area contributed by atoms with Gasteiger partial charge in [-0.25, -0.2) is 0 Å². The van der Waals surface area contributed by atoms with Crippen LogP contribution in [0.5, 0.6) is 5.75 Å². The summed E-state index contributed by atoms with van der Waals surface area (Å²) in [5, 5.41) is 0.717. The highest BCUT2D eigenvalue weighted by atomic mass is 35.5. The van der Waals surface area contributed by atoms with E-state index in [0.717, 1.165) is 42.7 Å². The highest BCUT2D eigenvalue weighted by Crippen LogP contribution is 2.30. The molecule has 2 aromatic carbocycles. The van der Waals surface area contributed by atoms with Gasteiger partial charge in [-0.05, 0) is 31.0 Å². The lowest BCUT2D eigenvalue weighted by atomic mass is 10.1. The van der Waals surface area contributed by atoms with Crippen molar-refractivity contribution in [3.63, 3.8) is 0 Å². The Kier molecular flexibility index (Phi) is 5.19. The summed E-state index contributed by atoms with van der Waals surface area (Å²) in [7, 11) is 0. The van der Waals surface area contributed by atoms with E-state index in [2.05, 4.69) is 11.0 Å². The van der Waals surface area contributed by atoms with Crippen molar-refractivity contribution >= 4 is 23.6 Å². The summed E-state index contributed by atoms with van der Waals surface area (Å²) in [5.41, 5.74) is 2.09. The van der Waals surface area contributed by atoms with Crippen molar-refractivity contribution < 1.29 is 9.53 Å². The number of anilines is 1. The van der Waals surface area contributed by atoms with E-state index in [1.54, 1.807) is 0 Å². The Hall–Kier alpha value is -2.00. The molecule has 0 radical (unpaired) electrons. The number of ether oxygens (including phenoxy) is 1. The lowest BCUT2D eigenvalue weighted by Crippen LogP contribution is -2.29. The Labute approximate surface area is 141 Å². The second-order valence-corrected chi connectivity index (χ2v) is 6.18. The van der Waals surface area contributed by atoms with Crippen LogP contribution in [-0.4, -0.2) is 18.9 Å². The van der Waals surface area contributed by atoms with E-state index >= 15 is 0 Å². The summed E-state index contributed by atoms with van der Waals surface area (Å²) in [5.74, 6) is 0.819. The monoisotopic (exact) mass is 329 g/mol. The average molecular weight is 330 g/mol. The van der Waals surface area contributed by atoms with Crippen LogP contribution in [0.15, 0.2) is 48.5 Å². The topological polar surface area (TPSA) is 29.5 Å². The van der Waals surface area contributed by atoms with Gasteiger partial charge in [-0.3, -0.25) is 0 Å². The number of benzene rings is 2. The van der Waals surface area contributed by atoms with Gasteiger partial charge < -0.3 is 14.4 Å². The maximum Gasteiger partial charge on any atom is 0.122 e. The largest absolute Gasteiger partial charge is 0.489 e. The molecule has 0 unspecified atom stereocenters. The molecule has 1 aliphatic heterocycles. The maximum absolute atomic E-state index is 10.8. The van der Waals surface area contributed by atoms with Crippen LogP contribution < -0.4 is 9.64 Å². The normalized spacial score (nSPS) is 17.3. The van der Waals surface area contributed by atoms with Gasteiger partial charge in [-0.2, -0.15) is 0 Å². The number of aldehydes is 1. The molecule has 23 heavy (non-hydrogen) atoms. The highest BCUT2D eigenvalue weighted by molar-refractivity contribution is 6.31. The van der Waals surface area contributed by atoms with E-state index in [4.69, 9.17) is 16.3 Å². The fraction of sp³-hybridized carbons (Fsp3) is 0.316. The molecule has 0 N–H and O–H groups in total. The zero-order valence-electron chi connectivity index (χ0n) is 13.0. The van der Waals surface area contributed by atoms with Crippen molar-refractivity contribution in [2.45, 2.75) is 31.9 Å². The van der Waals surface area contributed by atoms with E-state index in [9.17, 15) is 4.79 Å². The van der Waals surface area contributed by atoms with Gasteiger partial charge in [0.05, 0.1) is 0 Å². The van der Waals surface area contributed by atoms with Gasteiger partial charge in [0.2, 0.25) is 0 Å². The Balaban J connectivity index is 1.70. The number of nitrogens with zero attached hydrogens (tertiary/aromatic N) is 1. The summed E-state index contributed by atoms with van der Waals surface area (Å²) >= 11 is 6.16. The van der Waals surface area contributed by atoms with E-state index in [1.165, 1.54) is 0 Å². The summed E-state index contributed by atoms with van der Waals surface area (Å²) in [6, 6.07) is 16.1. The van der Waals surface area contributed by atoms with Crippen molar-refractivity contribution in [2.75, 3.05) is 11.4 Å². The molecular formula is C19H20ClNO2. The van der Waals surface area contributed by atoms with Crippen molar-refractivity contribution in [3.8, 4) is 5.75 Å². The number of hydrogen-bond donors (Lipinski definition) is 0. The Morgan fingerprint density at radius 2 is 2.09 bits per heavy atom. The lowest BCUT2D eigenvalue weighted by Gasteiger charge is -2.25. The molecule has 3 nitrogen and oxygen atoms in total. The predicted octanol–water partition coefficient (Wildman–Crippen LogP) is 4.48. The van der Waals surface area contributed by atoms with Crippen LogP contribution in [0.3, 0.4) is 0 Å². The minimum Gasteiger partial charge on any atom is -0.489 e. The van der Waals surface area contributed by atoms with Gasteiger partial charge in [-0.15, -0.1) is 0 Å². The van der Waals surface area contributed by atoms with Gasteiger partial charge in [0.25, 0.3) is 0 Å². The second kappa shape index (κ2) is 7.51. The molecule has 0 aliphatic carbocycles. The molecule has 4 heteroatoms. The molecule has 3 rings (SSSR count). The molecule has 2 aromatic rings. The highest BCUT2D eigenvalue weighted by Gasteiger charge is 2.24. The van der Waals surface area contributed by atoms with Crippen molar-refractivity contribution in [2.24, 2.45) is 0 Å². The van der Waals surface area contributed by atoms with Gasteiger partial charge >= 0.3 is 0 Å². The van der Waals surface area contributed by atoms with E-state index in [-0.39, 0.29) is 0 Å². The van der Waals surface area contributed by atoms with Gasteiger partial charge in [0.15, 0.2) is 0 Å². The molecular weight excluding hydrogens is 310 g/mol. The summed E-state index contributed by atoms with van der Waals surface area (Å²) in [6.07, 6.45) is 3.80. The first kappa shape index (κ1) is 15.9. The van der Waals surface area contributed by atoms with Crippen LogP contribution in [-0.2, 0) is 11.4 Å². The molecule has 120 valence electrons. The molecule has 1 saturated heterocycles. The lowest BCUT2D eigenvalue weighted by molar-refractivity contribution is -0.108. The zero-order chi connectivity index (χ0) is 16.1. The molecule has 0 bridgehead atoms. The Bertz CT molecular complexity index is 674. The van der Waals surface area contributed by atoms with Crippen LogP contribution in [0.25, 0.3) is 0 Å². The fourth-order valence-electron chi connectivity index (χ4n) is 3.06. The summed E-state index contributed by atoms with van der Waals surface area (Å²) in [6.45, 7) is 1.44. The van der Waals surface area contributed by atoms with E-state index in [0.29, 0.717) is 24.1 Å². The second-order valence-electron chi connectivity index (χ2n) is 5.77. The Morgan fingerprint density at radius 1 is 1.22 bits per heavy atom. The fourth-order valence-corrected chi connectivity index (χ4v) is 3.25. The molecule has 0 amide bonds.